The molecule has 0 bridgehead atoms. The number of piperidine rings is 1. The zero-order valence-electron chi connectivity index (χ0n) is 17.6. The van der Waals surface area contributed by atoms with Gasteiger partial charge in [-0.2, -0.15) is 31.1 Å². The Balaban J connectivity index is 1.84. The van der Waals surface area contributed by atoms with Crippen molar-refractivity contribution in [1.82, 2.24) is 4.48 Å². The summed E-state index contributed by atoms with van der Waals surface area (Å²) >= 11 is 0. The van der Waals surface area contributed by atoms with E-state index in [2.05, 4.69) is 0 Å². The first-order valence-electron chi connectivity index (χ1n) is 10.0. The van der Waals surface area contributed by atoms with Gasteiger partial charge in [0, 0.05) is 18.6 Å². The number of carbonyl (C=O) groups is 2. The topological polar surface area (TPSA) is 63.6 Å². The zero-order valence-corrected chi connectivity index (χ0v) is 17.6. The molecule has 1 N–H and O–H groups in total. The van der Waals surface area contributed by atoms with Gasteiger partial charge in [-0.15, -0.1) is 4.48 Å². The number of benzene rings is 2. The number of hydrogen-bond acceptors (Lipinski definition) is 3. The molecule has 0 radical (unpaired) electrons. The van der Waals surface area contributed by atoms with Gasteiger partial charge in [-0.3, -0.25) is 0 Å². The number of quaternary nitrogens is 1. The van der Waals surface area contributed by atoms with E-state index in [0.29, 0.717) is 12.1 Å². The van der Waals surface area contributed by atoms with Crippen molar-refractivity contribution in [2.45, 2.75) is 44.3 Å². The number of nitrogens with zero attached hydrogens (tertiary/aromatic N) is 1. The maximum absolute atomic E-state index is 13.2. The zero-order chi connectivity index (χ0) is 25.5. The Morgan fingerprint density at radius 1 is 1.03 bits per heavy atom. The smallest absolute Gasteiger partial charge is 0.435 e. The second-order valence-corrected chi connectivity index (χ2v) is 7.92. The van der Waals surface area contributed by atoms with Crippen LogP contribution < -0.4 is 4.48 Å². The van der Waals surface area contributed by atoms with Crippen molar-refractivity contribution in [3.8, 4) is 0 Å². The Kier molecular flexibility index (Phi) is 6.78. The van der Waals surface area contributed by atoms with E-state index in [1.54, 1.807) is 0 Å². The molecule has 34 heavy (non-hydrogen) atoms. The average Bonchev–Trinajstić information content (AvgIpc) is 2.73. The highest BCUT2D eigenvalue weighted by atomic mass is 19.4. The van der Waals surface area contributed by atoms with E-state index >= 15 is 0 Å². The van der Waals surface area contributed by atoms with E-state index in [0.717, 1.165) is 24.3 Å². The van der Waals surface area contributed by atoms with Gasteiger partial charge in [0.25, 0.3) is 0 Å². The lowest BCUT2D eigenvalue weighted by Crippen LogP contribution is -2.62. The van der Waals surface area contributed by atoms with Crippen LogP contribution in [0, 0.1) is 5.82 Å². The SMILES string of the molecule is C[C@@H](O[C@H]1CC[N+](C(=O)O)(c2ccc(F)cc2)C(=O)C1)c1cc(C(F)(F)F)cc(C(F)(F)F)c1. The van der Waals surface area contributed by atoms with Gasteiger partial charge in [0.2, 0.25) is 0 Å². The summed E-state index contributed by atoms with van der Waals surface area (Å²) in [7, 11) is 0. The molecule has 2 aromatic rings. The summed E-state index contributed by atoms with van der Waals surface area (Å²) < 4.78 is 96.4. The van der Waals surface area contributed by atoms with Crippen molar-refractivity contribution >= 4 is 17.7 Å². The fourth-order valence-electron chi connectivity index (χ4n) is 3.89. The maximum atomic E-state index is 13.2. The lowest BCUT2D eigenvalue weighted by molar-refractivity contribution is -0.143. The lowest BCUT2D eigenvalue weighted by atomic mass is 10.00. The van der Waals surface area contributed by atoms with E-state index in [-0.39, 0.29) is 24.7 Å². The van der Waals surface area contributed by atoms with Gasteiger partial charge in [0.15, 0.2) is 5.69 Å². The molecule has 1 heterocycles. The highest BCUT2D eigenvalue weighted by Gasteiger charge is 2.51. The van der Waals surface area contributed by atoms with Crippen molar-refractivity contribution < 1.29 is 50.2 Å². The first-order valence-corrected chi connectivity index (χ1v) is 10.0. The van der Waals surface area contributed by atoms with Crippen LogP contribution in [0.5, 0.6) is 0 Å². The first-order chi connectivity index (χ1) is 15.6. The van der Waals surface area contributed by atoms with Crippen LogP contribution in [-0.2, 0) is 21.9 Å². The van der Waals surface area contributed by atoms with E-state index in [4.69, 9.17) is 4.74 Å². The standard InChI is InChI=1S/C22H18F7NO4/c1-12(13-8-14(21(24,25)26)10-15(9-13)22(27,28)29)34-18-6-7-30(20(32)33,19(31)11-18)17-4-2-16(23)3-5-17/h2-5,8-10,12,18H,6-7,11H2,1H3/p+1/t12-,18+,30?/m1/s1. The molecule has 12 heteroatoms. The van der Waals surface area contributed by atoms with Crippen LogP contribution in [0.1, 0.15) is 42.6 Å². The number of ether oxygens (including phenoxy) is 1. The Labute approximate surface area is 188 Å². The van der Waals surface area contributed by atoms with Gasteiger partial charge in [-0.1, -0.05) is 0 Å². The molecule has 0 saturated carbocycles. The predicted molar refractivity (Wildman–Crippen MR) is 105 cm³/mol. The number of alkyl halides is 6. The fourth-order valence-corrected chi connectivity index (χ4v) is 3.89. The van der Waals surface area contributed by atoms with Crippen LogP contribution in [0.4, 0.5) is 41.2 Å². The van der Waals surface area contributed by atoms with Crippen molar-refractivity contribution in [2.24, 2.45) is 0 Å². The molecule has 184 valence electrons. The Morgan fingerprint density at radius 3 is 2.00 bits per heavy atom. The van der Waals surface area contributed by atoms with Gasteiger partial charge in [0.1, 0.15) is 12.4 Å². The molecule has 1 aliphatic rings. The molecule has 0 aliphatic carbocycles. The van der Waals surface area contributed by atoms with E-state index in [9.17, 15) is 45.4 Å². The van der Waals surface area contributed by atoms with E-state index < -0.39 is 70.0 Å². The number of imide groups is 1. The van der Waals surface area contributed by atoms with E-state index in [1.165, 1.54) is 6.92 Å². The second-order valence-electron chi connectivity index (χ2n) is 7.92. The number of carbonyl (C=O) groups excluding carboxylic acids is 1. The summed E-state index contributed by atoms with van der Waals surface area (Å²) in [6, 6.07) is 5.41. The highest BCUT2D eigenvalue weighted by molar-refractivity contribution is 6.06. The molecule has 0 aromatic heterocycles. The largest absolute Gasteiger partial charge is 0.526 e. The third kappa shape index (κ3) is 5.07. The molecule has 3 atom stereocenters. The molecule has 1 fully saturated rings. The predicted octanol–water partition coefficient (Wildman–Crippen LogP) is 6.32. The highest BCUT2D eigenvalue weighted by Crippen LogP contribution is 2.39. The number of rotatable bonds is 4. The van der Waals surface area contributed by atoms with Gasteiger partial charge in [0.05, 0.1) is 29.8 Å². The summed E-state index contributed by atoms with van der Waals surface area (Å²) in [5.74, 6) is -1.45. The summed E-state index contributed by atoms with van der Waals surface area (Å²) in [6.07, 6.45) is -14.2. The summed E-state index contributed by atoms with van der Waals surface area (Å²) in [5.41, 5.74) is -3.37. The normalized spacial score (nSPS) is 22.5. The number of amides is 2. The summed E-state index contributed by atoms with van der Waals surface area (Å²) in [4.78, 5) is 24.9. The third-order valence-electron chi connectivity index (χ3n) is 5.68. The van der Waals surface area contributed by atoms with Crippen molar-refractivity contribution in [3.63, 3.8) is 0 Å². The molecule has 5 nitrogen and oxygen atoms in total. The van der Waals surface area contributed by atoms with Gasteiger partial charge in [-0.25, -0.2) is 9.18 Å². The van der Waals surface area contributed by atoms with Crippen LogP contribution in [-0.4, -0.2) is 29.8 Å². The lowest BCUT2D eigenvalue weighted by Gasteiger charge is -2.36. The monoisotopic (exact) mass is 494 g/mol. The van der Waals surface area contributed by atoms with Crippen molar-refractivity contribution in [2.75, 3.05) is 6.54 Å². The molecule has 1 saturated heterocycles. The van der Waals surface area contributed by atoms with Crippen LogP contribution in [0.25, 0.3) is 0 Å². The van der Waals surface area contributed by atoms with Crippen LogP contribution in [0.15, 0.2) is 42.5 Å². The quantitative estimate of drug-likeness (QED) is 0.400. The first kappa shape index (κ1) is 25.6. The molecule has 2 amide bonds. The molecule has 1 aliphatic heterocycles. The molecule has 2 aromatic carbocycles. The van der Waals surface area contributed by atoms with Crippen molar-refractivity contribution in [1.29, 1.82) is 0 Å². The van der Waals surface area contributed by atoms with Gasteiger partial charge >= 0.3 is 24.4 Å². The van der Waals surface area contributed by atoms with E-state index in [1.807, 2.05) is 0 Å². The fraction of sp³-hybridized carbons (Fsp3) is 0.364. The minimum Gasteiger partial charge on any atom is -0.435 e. The molecular formula is C22H19F7NO4+. The number of hydrogen-bond donors (Lipinski definition) is 1. The van der Waals surface area contributed by atoms with Crippen LogP contribution in [0.3, 0.4) is 0 Å². The van der Waals surface area contributed by atoms with Crippen molar-refractivity contribution in [3.05, 3.63) is 65.0 Å². The Morgan fingerprint density at radius 2 is 1.56 bits per heavy atom. The molecule has 0 spiro atoms. The summed E-state index contributed by atoms with van der Waals surface area (Å²) in [6.45, 7) is 0.946. The van der Waals surface area contributed by atoms with Crippen LogP contribution in [0.2, 0.25) is 0 Å². The average molecular weight is 494 g/mol. The number of halogens is 7. The third-order valence-corrected chi connectivity index (χ3v) is 5.68. The minimum absolute atomic E-state index is 0.00173. The Hall–Kier alpha value is -2.99. The Bertz CT molecular complexity index is 1050. The van der Waals surface area contributed by atoms with Gasteiger partial charge in [-0.05, 0) is 42.8 Å². The van der Waals surface area contributed by atoms with Crippen LogP contribution >= 0.6 is 0 Å². The molecule has 1 unspecified atom stereocenters. The minimum atomic E-state index is -5.02. The number of carboxylic acid groups (broad SMARTS) is 1. The molecule has 3 rings (SSSR count). The van der Waals surface area contributed by atoms with Gasteiger partial charge < -0.3 is 9.84 Å². The molecular weight excluding hydrogens is 475 g/mol. The summed E-state index contributed by atoms with van der Waals surface area (Å²) in [5, 5.41) is 9.75. The second kappa shape index (κ2) is 8.99. The maximum Gasteiger partial charge on any atom is 0.526 e. The number of likely N-dealkylation sites (tertiary alicyclic amines) is 1.